The fourth-order valence-corrected chi connectivity index (χ4v) is 2.11. The third kappa shape index (κ3) is 3.05. The predicted molar refractivity (Wildman–Crippen MR) is 79.7 cm³/mol. The predicted octanol–water partition coefficient (Wildman–Crippen LogP) is 3.09. The van der Waals surface area contributed by atoms with Crippen LogP contribution in [0.5, 0.6) is 0 Å². The minimum Gasteiger partial charge on any atom is -0.403 e. The largest absolute Gasteiger partial charge is 0.403 e. The summed E-state index contributed by atoms with van der Waals surface area (Å²) in [7, 11) is 0. The third-order valence-corrected chi connectivity index (χ3v) is 3.15. The molecule has 0 aliphatic carbocycles. The highest BCUT2D eigenvalue weighted by atomic mass is 35.5. The fraction of sp³-hybridized carbons (Fsp3) is 0. The molecule has 3 rings (SSSR count). The van der Waals surface area contributed by atoms with Gasteiger partial charge in [-0.15, -0.1) is 5.10 Å². The van der Waals surface area contributed by atoms with E-state index in [0.717, 1.165) is 0 Å². The smallest absolute Gasteiger partial charge is 0.322 e. The van der Waals surface area contributed by atoms with E-state index in [2.05, 4.69) is 25.5 Å². The number of anilines is 1. The quantitative estimate of drug-likeness (QED) is 0.790. The Labute approximate surface area is 134 Å². The molecule has 1 amide bonds. The number of hydrogen-bond donors (Lipinski definition) is 1. The average Bonchev–Trinajstić information content (AvgIpc) is 2.96. The van der Waals surface area contributed by atoms with E-state index < -0.39 is 5.91 Å². The van der Waals surface area contributed by atoms with E-state index in [9.17, 15) is 4.79 Å². The number of aromatic nitrogens is 4. The van der Waals surface area contributed by atoms with Crippen LogP contribution >= 0.6 is 23.2 Å². The van der Waals surface area contributed by atoms with Crippen molar-refractivity contribution in [1.82, 2.24) is 20.2 Å². The Balaban J connectivity index is 1.81. The molecule has 0 saturated carbocycles. The number of benzene rings is 1. The molecular formula is C13H7Cl2N5O2. The molecule has 110 valence electrons. The second-order valence-corrected chi connectivity index (χ2v) is 4.92. The molecule has 0 fully saturated rings. The average molecular weight is 336 g/mol. The molecular weight excluding hydrogens is 329 g/mol. The lowest BCUT2D eigenvalue weighted by molar-refractivity contribution is 0.101. The van der Waals surface area contributed by atoms with Crippen LogP contribution in [0.4, 0.5) is 6.01 Å². The summed E-state index contributed by atoms with van der Waals surface area (Å²) in [5.41, 5.74) is 0.644. The van der Waals surface area contributed by atoms with E-state index in [1.54, 1.807) is 18.2 Å². The first-order valence-electron chi connectivity index (χ1n) is 6.00. The number of rotatable bonds is 3. The van der Waals surface area contributed by atoms with Crippen molar-refractivity contribution in [3.63, 3.8) is 0 Å². The van der Waals surface area contributed by atoms with E-state index in [1.165, 1.54) is 18.6 Å². The Morgan fingerprint density at radius 1 is 1.18 bits per heavy atom. The van der Waals surface area contributed by atoms with Gasteiger partial charge in [0.2, 0.25) is 0 Å². The lowest BCUT2D eigenvalue weighted by atomic mass is 10.2. The first-order valence-corrected chi connectivity index (χ1v) is 6.75. The number of nitrogens with one attached hydrogen (secondary N) is 1. The molecule has 1 aromatic carbocycles. The van der Waals surface area contributed by atoms with Gasteiger partial charge in [-0.2, -0.15) is 0 Å². The van der Waals surface area contributed by atoms with Crippen LogP contribution in [0.3, 0.4) is 0 Å². The second kappa shape index (κ2) is 6.08. The minimum atomic E-state index is -0.509. The van der Waals surface area contributed by atoms with E-state index in [1.807, 2.05) is 0 Å². The molecule has 0 aliphatic heterocycles. The summed E-state index contributed by atoms with van der Waals surface area (Å²) in [5.74, 6) is -0.346. The molecule has 9 heteroatoms. The first kappa shape index (κ1) is 14.4. The molecule has 0 unspecified atom stereocenters. The maximum atomic E-state index is 11.9. The van der Waals surface area contributed by atoms with Gasteiger partial charge in [-0.3, -0.25) is 15.1 Å². The minimum absolute atomic E-state index is 0.0725. The Bertz CT molecular complexity index is 822. The lowest BCUT2D eigenvalue weighted by Gasteiger charge is -2.00. The monoisotopic (exact) mass is 335 g/mol. The molecule has 0 bridgehead atoms. The Kier molecular flexibility index (Phi) is 3.99. The van der Waals surface area contributed by atoms with Crippen molar-refractivity contribution < 1.29 is 9.21 Å². The molecule has 0 radical (unpaired) electrons. The van der Waals surface area contributed by atoms with Crippen molar-refractivity contribution in [2.24, 2.45) is 0 Å². The van der Waals surface area contributed by atoms with Crippen molar-refractivity contribution in [2.75, 3.05) is 5.32 Å². The van der Waals surface area contributed by atoms with Crippen molar-refractivity contribution in [3.05, 3.63) is 52.5 Å². The molecule has 22 heavy (non-hydrogen) atoms. The van der Waals surface area contributed by atoms with Gasteiger partial charge in [-0.05, 0) is 18.2 Å². The summed E-state index contributed by atoms with van der Waals surface area (Å²) in [4.78, 5) is 19.6. The van der Waals surface area contributed by atoms with Crippen LogP contribution in [0.15, 0.2) is 41.2 Å². The van der Waals surface area contributed by atoms with E-state index >= 15 is 0 Å². The SMILES string of the molecule is O=C(Nc1nnc(-c2ccc(Cl)cc2Cl)o1)c1cnccn1. The zero-order chi connectivity index (χ0) is 15.5. The van der Waals surface area contributed by atoms with Gasteiger partial charge in [0.05, 0.1) is 16.8 Å². The van der Waals surface area contributed by atoms with E-state index in [-0.39, 0.29) is 17.6 Å². The zero-order valence-corrected chi connectivity index (χ0v) is 12.3. The van der Waals surface area contributed by atoms with Gasteiger partial charge in [0, 0.05) is 17.4 Å². The molecule has 2 heterocycles. The van der Waals surface area contributed by atoms with Crippen LogP contribution in [0.1, 0.15) is 10.5 Å². The molecule has 3 aromatic rings. The first-order chi connectivity index (χ1) is 10.6. The number of hydrogen-bond acceptors (Lipinski definition) is 6. The number of halogens is 2. The fourth-order valence-electron chi connectivity index (χ4n) is 1.62. The van der Waals surface area contributed by atoms with Gasteiger partial charge < -0.3 is 4.42 Å². The number of nitrogens with zero attached hydrogens (tertiary/aromatic N) is 4. The molecule has 0 spiro atoms. The van der Waals surface area contributed by atoms with Gasteiger partial charge in [0.1, 0.15) is 5.69 Å². The van der Waals surface area contributed by atoms with Crippen molar-refractivity contribution in [2.45, 2.75) is 0 Å². The van der Waals surface area contributed by atoms with Gasteiger partial charge in [0.15, 0.2) is 0 Å². The summed E-state index contributed by atoms with van der Waals surface area (Å²) in [6, 6.07) is 4.77. The Morgan fingerprint density at radius 2 is 2.05 bits per heavy atom. The van der Waals surface area contributed by atoms with Crippen LogP contribution in [0.2, 0.25) is 10.0 Å². The van der Waals surface area contributed by atoms with Crippen LogP contribution < -0.4 is 5.32 Å². The van der Waals surface area contributed by atoms with Crippen molar-refractivity contribution in [1.29, 1.82) is 0 Å². The van der Waals surface area contributed by atoms with Crippen LogP contribution in [0.25, 0.3) is 11.5 Å². The molecule has 0 saturated heterocycles. The highest BCUT2D eigenvalue weighted by Crippen LogP contribution is 2.30. The third-order valence-electron chi connectivity index (χ3n) is 2.60. The van der Waals surface area contributed by atoms with Gasteiger partial charge in [-0.1, -0.05) is 28.3 Å². The number of carbonyl (C=O) groups is 1. The second-order valence-electron chi connectivity index (χ2n) is 4.08. The maximum Gasteiger partial charge on any atom is 0.322 e. The standard InChI is InChI=1S/C13H7Cl2N5O2/c14-7-1-2-8(9(15)5-7)12-19-20-13(22-12)18-11(21)10-6-16-3-4-17-10/h1-6H,(H,18,20,21). The van der Waals surface area contributed by atoms with E-state index in [0.29, 0.717) is 15.6 Å². The Morgan fingerprint density at radius 3 is 2.77 bits per heavy atom. The van der Waals surface area contributed by atoms with Gasteiger partial charge in [-0.25, -0.2) is 4.98 Å². The summed E-state index contributed by atoms with van der Waals surface area (Å²) in [6.45, 7) is 0. The summed E-state index contributed by atoms with van der Waals surface area (Å²) >= 11 is 11.9. The highest BCUT2D eigenvalue weighted by Gasteiger charge is 2.15. The zero-order valence-electron chi connectivity index (χ0n) is 10.8. The highest BCUT2D eigenvalue weighted by molar-refractivity contribution is 6.36. The summed E-state index contributed by atoms with van der Waals surface area (Å²) < 4.78 is 5.35. The van der Waals surface area contributed by atoms with Crippen LogP contribution in [-0.4, -0.2) is 26.1 Å². The summed E-state index contributed by atoms with van der Waals surface area (Å²) in [6.07, 6.45) is 4.19. The van der Waals surface area contributed by atoms with Gasteiger partial charge >= 0.3 is 6.01 Å². The van der Waals surface area contributed by atoms with Crippen molar-refractivity contribution >= 4 is 35.1 Å². The van der Waals surface area contributed by atoms with Crippen LogP contribution in [0, 0.1) is 0 Å². The normalized spacial score (nSPS) is 10.5. The molecule has 1 N–H and O–H groups in total. The summed E-state index contributed by atoms with van der Waals surface area (Å²) in [5, 5.41) is 10.8. The number of carbonyl (C=O) groups excluding carboxylic acids is 1. The maximum absolute atomic E-state index is 11.9. The van der Waals surface area contributed by atoms with Crippen LogP contribution in [-0.2, 0) is 0 Å². The van der Waals surface area contributed by atoms with Crippen molar-refractivity contribution in [3.8, 4) is 11.5 Å². The molecule has 0 aliphatic rings. The lowest BCUT2D eigenvalue weighted by Crippen LogP contribution is -2.13. The molecule has 7 nitrogen and oxygen atoms in total. The topological polar surface area (TPSA) is 93.8 Å². The van der Waals surface area contributed by atoms with E-state index in [4.69, 9.17) is 27.6 Å². The van der Waals surface area contributed by atoms with Gasteiger partial charge in [0.25, 0.3) is 11.8 Å². The molecule has 0 atom stereocenters. The molecule has 2 aromatic heterocycles. The Hall–Kier alpha value is -2.51. The number of amides is 1.